The van der Waals surface area contributed by atoms with Crippen LogP contribution in [0.4, 0.5) is 16.4 Å². The Bertz CT molecular complexity index is 1440. The Hall–Kier alpha value is -4.14. The SMILES string of the molecule is Cc1cnc(N[C@@H]2CCC[C@H](N(Cc3ccc(N)cn3)C(=O)OC(C)(C)C)C2)nc1-c1c[nH]c2ccccc12. The largest absolute Gasteiger partial charge is 0.444 e. The molecule has 1 saturated carbocycles. The van der Waals surface area contributed by atoms with Crippen molar-refractivity contribution in [3.63, 3.8) is 0 Å². The van der Waals surface area contributed by atoms with E-state index in [-0.39, 0.29) is 18.2 Å². The number of aromatic amines is 1. The van der Waals surface area contributed by atoms with Crippen LogP contribution in [-0.4, -0.2) is 48.6 Å². The number of nitrogens with zero attached hydrogens (tertiary/aromatic N) is 4. The monoisotopic (exact) mass is 527 g/mol. The maximum atomic E-state index is 13.3. The third kappa shape index (κ3) is 6.30. The molecule has 4 N–H and O–H groups in total. The highest BCUT2D eigenvalue weighted by molar-refractivity contribution is 5.95. The van der Waals surface area contributed by atoms with E-state index in [1.807, 2.05) is 63.2 Å². The number of para-hydroxylation sites is 1. The molecule has 3 aromatic heterocycles. The highest BCUT2D eigenvalue weighted by Gasteiger charge is 2.33. The lowest BCUT2D eigenvalue weighted by Crippen LogP contribution is -2.47. The lowest BCUT2D eigenvalue weighted by molar-refractivity contribution is 0.00907. The van der Waals surface area contributed by atoms with E-state index in [1.54, 1.807) is 12.3 Å². The first-order valence-electron chi connectivity index (χ1n) is 13.5. The van der Waals surface area contributed by atoms with Crippen LogP contribution in [0.2, 0.25) is 0 Å². The normalized spacial score (nSPS) is 17.6. The van der Waals surface area contributed by atoms with Crippen molar-refractivity contribution in [3.8, 4) is 11.3 Å². The fourth-order valence-electron chi connectivity index (χ4n) is 5.18. The van der Waals surface area contributed by atoms with E-state index in [9.17, 15) is 4.79 Å². The number of hydrogen-bond donors (Lipinski definition) is 3. The van der Waals surface area contributed by atoms with Gasteiger partial charge in [0.2, 0.25) is 5.95 Å². The van der Waals surface area contributed by atoms with Gasteiger partial charge in [0.05, 0.1) is 29.8 Å². The minimum Gasteiger partial charge on any atom is -0.444 e. The van der Waals surface area contributed by atoms with Gasteiger partial charge in [0.25, 0.3) is 0 Å². The van der Waals surface area contributed by atoms with Gasteiger partial charge in [0, 0.05) is 40.9 Å². The molecule has 5 rings (SSSR count). The number of pyridine rings is 1. The molecular formula is C30H37N7O2. The number of aromatic nitrogens is 4. The van der Waals surface area contributed by atoms with Crippen LogP contribution in [0.15, 0.2) is 55.0 Å². The van der Waals surface area contributed by atoms with Gasteiger partial charge in [-0.1, -0.05) is 18.2 Å². The lowest BCUT2D eigenvalue weighted by atomic mass is 9.90. The highest BCUT2D eigenvalue weighted by atomic mass is 16.6. The second-order valence-corrected chi connectivity index (χ2v) is 11.3. The van der Waals surface area contributed by atoms with Gasteiger partial charge in [-0.3, -0.25) is 9.88 Å². The summed E-state index contributed by atoms with van der Waals surface area (Å²) in [7, 11) is 0. The third-order valence-corrected chi connectivity index (χ3v) is 7.04. The molecule has 0 spiro atoms. The first-order valence-corrected chi connectivity index (χ1v) is 13.5. The Kier molecular flexibility index (Phi) is 7.41. The summed E-state index contributed by atoms with van der Waals surface area (Å²) in [5, 5.41) is 4.69. The smallest absolute Gasteiger partial charge is 0.410 e. The minimum absolute atomic E-state index is 0.0102. The standard InChI is InChI=1S/C30H37N7O2/c1-19-15-34-28(36-27(19)25-17-33-26-11-6-5-10-24(25)26)35-21-8-7-9-23(14-21)37(29(38)39-30(2,3)4)18-22-13-12-20(31)16-32-22/h5-6,10-13,15-17,21,23,33H,7-9,14,18,31H2,1-4H3,(H,34,35,36)/t21-,23+/m1/s1. The van der Waals surface area contributed by atoms with E-state index in [0.717, 1.165) is 59.1 Å². The zero-order chi connectivity index (χ0) is 27.6. The van der Waals surface area contributed by atoms with Crippen molar-refractivity contribution >= 4 is 28.6 Å². The van der Waals surface area contributed by atoms with Gasteiger partial charge < -0.3 is 20.8 Å². The number of amides is 1. The van der Waals surface area contributed by atoms with Crippen LogP contribution in [0.1, 0.15) is 57.7 Å². The van der Waals surface area contributed by atoms with Crippen LogP contribution in [0.3, 0.4) is 0 Å². The average Bonchev–Trinajstić information content (AvgIpc) is 3.32. The van der Waals surface area contributed by atoms with Gasteiger partial charge >= 0.3 is 6.09 Å². The molecule has 39 heavy (non-hydrogen) atoms. The van der Waals surface area contributed by atoms with Crippen molar-refractivity contribution in [1.82, 2.24) is 24.8 Å². The molecule has 2 atom stereocenters. The molecule has 1 aliphatic carbocycles. The predicted molar refractivity (Wildman–Crippen MR) is 154 cm³/mol. The number of carbonyl (C=O) groups is 1. The summed E-state index contributed by atoms with van der Waals surface area (Å²) in [5.74, 6) is 0.593. The summed E-state index contributed by atoms with van der Waals surface area (Å²) in [5.41, 5.74) is 10.6. The Labute approximate surface area is 229 Å². The number of ether oxygens (including phenoxy) is 1. The molecule has 0 unspecified atom stereocenters. The second-order valence-electron chi connectivity index (χ2n) is 11.3. The molecule has 0 bridgehead atoms. The maximum Gasteiger partial charge on any atom is 0.410 e. The van der Waals surface area contributed by atoms with E-state index in [2.05, 4.69) is 32.4 Å². The van der Waals surface area contributed by atoms with Crippen molar-refractivity contribution in [1.29, 1.82) is 0 Å². The number of hydrogen-bond acceptors (Lipinski definition) is 7. The first-order chi connectivity index (χ1) is 18.7. The van der Waals surface area contributed by atoms with E-state index in [4.69, 9.17) is 15.5 Å². The van der Waals surface area contributed by atoms with Gasteiger partial charge in [0.15, 0.2) is 0 Å². The van der Waals surface area contributed by atoms with E-state index >= 15 is 0 Å². The number of H-pyrrole nitrogens is 1. The zero-order valence-corrected chi connectivity index (χ0v) is 23.1. The molecular weight excluding hydrogens is 490 g/mol. The van der Waals surface area contributed by atoms with Crippen LogP contribution < -0.4 is 11.1 Å². The molecule has 1 amide bonds. The predicted octanol–water partition coefficient (Wildman–Crippen LogP) is 6.07. The minimum atomic E-state index is -0.593. The molecule has 1 fully saturated rings. The van der Waals surface area contributed by atoms with Crippen LogP contribution >= 0.6 is 0 Å². The van der Waals surface area contributed by atoms with Gasteiger partial charge in [0.1, 0.15) is 5.60 Å². The van der Waals surface area contributed by atoms with Gasteiger partial charge in [-0.25, -0.2) is 14.8 Å². The number of aryl methyl sites for hydroxylation is 1. The Morgan fingerprint density at radius 1 is 1.15 bits per heavy atom. The third-order valence-electron chi connectivity index (χ3n) is 7.04. The summed E-state index contributed by atoms with van der Waals surface area (Å²) in [6.07, 6.45) is 8.75. The molecule has 3 heterocycles. The number of anilines is 2. The molecule has 9 nitrogen and oxygen atoms in total. The molecule has 0 aliphatic heterocycles. The molecule has 9 heteroatoms. The van der Waals surface area contributed by atoms with Gasteiger partial charge in [-0.05, 0) is 77.1 Å². The summed E-state index contributed by atoms with van der Waals surface area (Å²) in [6.45, 7) is 8.04. The number of nitrogen functional groups attached to an aromatic ring is 1. The van der Waals surface area contributed by atoms with E-state index in [1.165, 1.54) is 0 Å². The van der Waals surface area contributed by atoms with Crippen molar-refractivity contribution in [2.75, 3.05) is 11.1 Å². The molecule has 1 aromatic carbocycles. The molecule has 4 aromatic rings. The lowest BCUT2D eigenvalue weighted by Gasteiger charge is -2.38. The Morgan fingerprint density at radius 2 is 1.97 bits per heavy atom. The molecule has 0 saturated heterocycles. The Balaban J connectivity index is 1.35. The van der Waals surface area contributed by atoms with Crippen molar-refractivity contribution in [2.45, 2.75) is 77.6 Å². The number of carbonyl (C=O) groups excluding carboxylic acids is 1. The molecule has 204 valence electrons. The average molecular weight is 528 g/mol. The van der Waals surface area contributed by atoms with Crippen molar-refractivity contribution < 1.29 is 9.53 Å². The number of nitrogens with two attached hydrogens (primary N) is 1. The summed E-state index contributed by atoms with van der Waals surface area (Å²) in [4.78, 5) is 32.4. The number of rotatable bonds is 6. The summed E-state index contributed by atoms with van der Waals surface area (Å²) < 4.78 is 5.79. The van der Waals surface area contributed by atoms with Crippen LogP contribution in [0.5, 0.6) is 0 Å². The van der Waals surface area contributed by atoms with Crippen LogP contribution in [-0.2, 0) is 11.3 Å². The van der Waals surface area contributed by atoms with Crippen molar-refractivity contribution in [2.24, 2.45) is 0 Å². The summed E-state index contributed by atoms with van der Waals surface area (Å²) >= 11 is 0. The van der Waals surface area contributed by atoms with Gasteiger partial charge in [-0.2, -0.15) is 0 Å². The second kappa shape index (κ2) is 10.9. The number of nitrogens with one attached hydrogen (secondary N) is 2. The summed E-state index contributed by atoms with van der Waals surface area (Å²) in [6, 6.07) is 12.0. The Morgan fingerprint density at radius 3 is 2.74 bits per heavy atom. The van der Waals surface area contributed by atoms with E-state index < -0.39 is 5.60 Å². The van der Waals surface area contributed by atoms with Crippen molar-refractivity contribution in [3.05, 3.63) is 66.2 Å². The topological polar surface area (TPSA) is 122 Å². The fraction of sp³-hybridized carbons (Fsp3) is 0.400. The fourth-order valence-corrected chi connectivity index (χ4v) is 5.18. The van der Waals surface area contributed by atoms with E-state index in [0.29, 0.717) is 18.2 Å². The number of benzene rings is 1. The quantitative estimate of drug-likeness (QED) is 0.278. The maximum absolute atomic E-state index is 13.3. The number of fused-ring (bicyclic) bond motifs is 1. The highest BCUT2D eigenvalue weighted by Crippen LogP contribution is 2.31. The molecule has 0 radical (unpaired) electrons. The van der Waals surface area contributed by atoms with Gasteiger partial charge in [-0.15, -0.1) is 0 Å². The molecule has 1 aliphatic rings. The van der Waals surface area contributed by atoms with Crippen LogP contribution in [0.25, 0.3) is 22.2 Å². The zero-order valence-electron chi connectivity index (χ0n) is 23.1. The first kappa shape index (κ1) is 26.5. The van der Waals surface area contributed by atoms with Crippen LogP contribution in [0, 0.1) is 6.92 Å².